The van der Waals surface area contributed by atoms with Crippen molar-refractivity contribution in [2.75, 3.05) is 0 Å². The van der Waals surface area contributed by atoms with Gasteiger partial charge in [0.1, 0.15) is 11.5 Å². The summed E-state index contributed by atoms with van der Waals surface area (Å²) in [6, 6.07) is 5.57. The van der Waals surface area contributed by atoms with Crippen LogP contribution in [-0.2, 0) is 16.0 Å². The number of ketones is 1. The lowest BCUT2D eigenvalue weighted by Crippen LogP contribution is -2.12. The highest BCUT2D eigenvalue weighted by atomic mass is 16.5. The Bertz CT molecular complexity index is 596. The molecule has 20 heavy (non-hydrogen) atoms. The van der Waals surface area contributed by atoms with Crippen LogP contribution in [0.2, 0.25) is 0 Å². The summed E-state index contributed by atoms with van der Waals surface area (Å²) in [4.78, 5) is 22.5. The maximum atomic E-state index is 11.3. The Labute approximate surface area is 118 Å². The third kappa shape index (κ3) is 3.23. The molecule has 0 spiro atoms. The van der Waals surface area contributed by atoms with Crippen LogP contribution in [-0.4, -0.2) is 11.8 Å². The first-order valence-electron chi connectivity index (χ1n) is 6.66. The van der Waals surface area contributed by atoms with Crippen LogP contribution in [0.25, 0.3) is 6.08 Å². The minimum absolute atomic E-state index is 0.183. The van der Waals surface area contributed by atoms with E-state index in [-0.39, 0.29) is 5.78 Å². The smallest absolute Gasteiger partial charge is 0.335 e. The van der Waals surface area contributed by atoms with Crippen LogP contribution in [0.15, 0.2) is 36.4 Å². The number of fused-ring (bicyclic) bond motifs is 1. The highest BCUT2D eigenvalue weighted by Crippen LogP contribution is 2.32. The summed E-state index contributed by atoms with van der Waals surface area (Å²) in [5.74, 6) is 0.589. The van der Waals surface area contributed by atoms with Gasteiger partial charge in [-0.1, -0.05) is 31.2 Å². The van der Waals surface area contributed by atoms with E-state index < -0.39 is 5.97 Å². The first-order valence-corrected chi connectivity index (χ1v) is 6.66. The van der Waals surface area contributed by atoms with Crippen molar-refractivity contribution in [3.8, 4) is 5.75 Å². The number of carbonyl (C=O) groups excluding carboxylic acids is 2. The molecule has 0 aromatic heterocycles. The van der Waals surface area contributed by atoms with Crippen LogP contribution in [0, 0.1) is 5.92 Å². The maximum absolute atomic E-state index is 11.3. The predicted molar refractivity (Wildman–Crippen MR) is 78.4 cm³/mol. The highest BCUT2D eigenvalue weighted by molar-refractivity contribution is 5.83. The molecule has 0 radical (unpaired) electrons. The molecule has 3 nitrogen and oxygen atoms in total. The molecule has 1 atom stereocenters. The Morgan fingerprint density at radius 1 is 1.45 bits per heavy atom. The second-order valence-electron chi connectivity index (χ2n) is 5.19. The number of hydrogen-bond donors (Lipinski definition) is 0. The van der Waals surface area contributed by atoms with Gasteiger partial charge in [0.25, 0.3) is 0 Å². The number of carbonyl (C=O) groups is 2. The lowest BCUT2D eigenvalue weighted by atomic mass is 9.82. The van der Waals surface area contributed by atoms with Crippen molar-refractivity contribution in [2.45, 2.75) is 26.7 Å². The first-order chi connectivity index (χ1) is 9.49. The van der Waals surface area contributed by atoms with E-state index in [1.807, 2.05) is 12.1 Å². The summed E-state index contributed by atoms with van der Waals surface area (Å²) in [5, 5.41) is 0. The standard InChI is InChI=1S/C17H18O3/c1-4-17(19)20-16-6-5-13-9-14(8-12(3)18)11(2)7-15(13)10-16/h4-6,9-11H,1,7-8H2,2-3H3. The van der Waals surface area contributed by atoms with Crippen LogP contribution in [0.5, 0.6) is 5.75 Å². The molecule has 0 heterocycles. The molecular weight excluding hydrogens is 252 g/mol. The van der Waals surface area contributed by atoms with E-state index in [9.17, 15) is 9.59 Å². The van der Waals surface area contributed by atoms with Crippen molar-refractivity contribution in [3.63, 3.8) is 0 Å². The Morgan fingerprint density at radius 2 is 2.20 bits per heavy atom. The minimum atomic E-state index is -0.457. The molecule has 1 aromatic rings. The second-order valence-corrected chi connectivity index (χ2v) is 5.19. The first kappa shape index (κ1) is 14.3. The molecule has 0 fully saturated rings. The van der Waals surface area contributed by atoms with Gasteiger partial charge in [-0.25, -0.2) is 4.79 Å². The van der Waals surface area contributed by atoms with Gasteiger partial charge in [-0.2, -0.15) is 0 Å². The molecule has 0 saturated carbocycles. The molecule has 0 amide bonds. The van der Waals surface area contributed by atoms with Crippen LogP contribution >= 0.6 is 0 Å². The summed E-state index contributed by atoms with van der Waals surface area (Å²) in [6.45, 7) is 7.10. The maximum Gasteiger partial charge on any atom is 0.335 e. The third-order valence-corrected chi connectivity index (χ3v) is 3.45. The van der Waals surface area contributed by atoms with Gasteiger partial charge in [0, 0.05) is 12.5 Å². The zero-order valence-corrected chi connectivity index (χ0v) is 11.8. The molecule has 3 heteroatoms. The quantitative estimate of drug-likeness (QED) is 0.479. The van der Waals surface area contributed by atoms with Crippen LogP contribution < -0.4 is 4.74 Å². The Kier molecular flexibility index (Phi) is 4.18. The average Bonchev–Trinajstić information content (AvgIpc) is 2.39. The Morgan fingerprint density at radius 3 is 2.85 bits per heavy atom. The van der Waals surface area contributed by atoms with Gasteiger partial charge >= 0.3 is 5.97 Å². The number of Topliss-reactive ketones (excluding diaryl/α,β-unsaturated/α-hetero) is 1. The molecule has 0 saturated heterocycles. The number of allylic oxidation sites excluding steroid dienone is 1. The number of hydrogen-bond acceptors (Lipinski definition) is 3. The van der Waals surface area contributed by atoms with Gasteiger partial charge in [-0.3, -0.25) is 4.79 Å². The van der Waals surface area contributed by atoms with Crippen LogP contribution in [0.4, 0.5) is 0 Å². The monoisotopic (exact) mass is 270 g/mol. The van der Waals surface area contributed by atoms with E-state index in [1.54, 1.807) is 13.0 Å². The largest absolute Gasteiger partial charge is 0.423 e. The van der Waals surface area contributed by atoms with Gasteiger partial charge in [-0.05, 0) is 42.5 Å². The zero-order valence-electron chi connectivity index (χ0n) is 11.8. The molecule has 104 valence electrons. The number of rotatable bonds is 4. The number of benzene rings is 1. The minimum Gasteiger partial charge on any atom is -0.423 e. The SMILES string of the molecule is C=CC(=O)Oc1ccc2c(c1)CC(C)C(CC(C)=O)=C2. The average molecular weight is 270 g/mol. The van der Waals surface area contributed by atoms with Gasteiger partial charge < -0.3 is 4.74 Å². The Balaban J connectivity index is 2.27. The summed E-state index contributed by atoms with van der Waals surface area (Å²) < 4.78 is 5.12. The van der Waals surface area contributed by atoms with Gasteiger partial charge in [0.05, 0.1) is 0 Å². The van der Waals surface area contributed by atoms with E-state index in [2.05, 4.69) is 19.6 Å². The fraction of sp³-hybridized carbons (Fsp3) is 0.294. The van der Waals surface area contributed by atoms with E-state index >= 15 is 0 Å². The highest BCUT2D eigenvalue weighted by Gasteiger charge is 2.19. The zero-order chi connectivity index (χ0) is 14.7. The van der Waals surface area contributed by atoms with Crippen LogP contribution in [0.3, 0.4) is 0 Å². The van der Waals surface area contributed by atoms with Gasteiger partial charge in [0.15, 0.2) is 0 Å². The summed E-state index contributed by atoms with van der Waals surface area (Å²) in [7, 11) is 0. The molecule has 1 unspecified atom stereocenters. The fourth-order valence-electron chi connectivity index (χ4n) is 2.44. The van der Waals surface area contributed by atoms with Crippen molar-refractivity contribution >= 4 is 17.8 Å². The third-order valence-electron chi connectivity index (χ3n) is 3.45. The van der Waals surface area contributed by atoms with E-state index in [4.69, 9.17) is 4.74 Å². The number of esters is 1. The lowest BCUT2D eigenvalue weighted by molar-refractivity contribution is -0.129. The van der Waals surface area contributed by atoms with Gasteiger partial charge in [0.2, 0.25) is 0 Å². The molecule has 1 aliphatic carbocycles. The molecule has 1 aromatic carbocycles. The molecule has 0 bridgehead atoms. The second kappa shape index (κ2) is 5.87. The van der Waals surface area contributed by atoms with Crippen LogP contribution in [0.1, 0.15) is 31.4 Å². The van der Waals surface area contributed by atoms with Crippen molar-refractivity contribution in [3.05, 3.63) is 47.6 Å². The topological polar surface area (TPSA) is 43.4 Å². The number of ether oxygens (including phenoxy) is 1. The Hall–Kier alpha value is -2.16. The summed E-state index contributed by atoms with van der Waals surface area (Å²) in [6.07, 6.45) is 4.58. The summed E-state index contributed by atoms with van der Waals surface area (Å²) >= 11 is 0. The molecule has 0 N–H and O–H groups in total. The van der Waals surface area contributed by atoms with E-state index in [0.717, 1.165) is 23.6 Å². The van der Waals surface area contributed by atoms with Crippen molar-refractivity contribution in [2.24, 2.45) is 5.92 Å². The molecule has 2 rings (SSSR count). The van der Waals surface area contributed by atoms with Crippen molar-refractivity contribution < 1.29 is 14.3 Å². The summed E-state index contributed by atoms with van der Waals surface area (Å²) in [5.41, 5.74) is 3.40. The normalized spacial score (nSPS) is 16.9. The van der Waals surface area contributed by atoms with Crippen molar-refractivity contribution in [1.82, 2.24) is 0 Å². The lowest BCUT2D eigenvalue weighted by Gasteiger charge is -2.23. The predicted octanol–water partition coefficient (Wildman–Crippen LogP) is 3.33. The van der Waals surface area contributed by atoms with Gasteiger partial charge in [-0.15, -0.1) is 0 Å². The molecular formula is C17H18O3. The van der Waals surface area contributed by atoms with E-state index in [0.29, 0.717) is 18.1 Å². The fourth-order valence-corrected chi connectivity index (χ4v) is 2.44. The van der Waals surface area contributed by atoms with Crippen molar-refractivity contribution in [1.29, 1.82) is 0 Å². The molecule has 0 aliphatic heterocycles. The van der Waals surface area contributed by atoms with E-state index in [1.165, 1.54) is 5.57 Å². The molecule has 1 aliphatic rings.